The molecule has 0 fully saturated rings. The number of fused-ring (bicyclic) bond motifs is 1. The first-order valence-corrected chi connectivity index (χ1v) is 12.7. The van der Waals surface area contributed by atoms with E-state index in [4.69, 9.17) is 4.74 Å². The predicted molar refractivity (Wildman–Crippen MR) is 151 cm³/mol. The lowest BCUT2D eigenvalue weighted by atomic mass is 9.87. The molecular formula is C31H33N3O4. The number of ether oxygens (including phenoxy) is 1. The maximum atomic E-state index is 13.5. The molecule has 0 aromatic heterocycles. The first kappa shape index (κ1) is 26.7. The Hall–Kier alpha value is -4.39. The third kappa shape index (κ3) is 6.11. The molecule has 0 spiro atoms. The topological polar surface area (TPSA) is 87.7 Å². The molecule has 1 aliphatic rings. The number of para-hydroxylation sites is 4. The molecule has 4 rings (SSSR count). The fourth-order valence-corrected chi connectivity index (χ4v) is 4.32. The second-order valence-corrected chi connectivity index (χ2v) is 10.1. The van der Waals surface area contributed by atoms with Crippen LogP contribution in [0.15, 0.2) is 78.9 Å². The summed E-state index contributed by atoms with van der Waals surface area (Å²) in [4.78, 5) is 41.0. The largest absolute Gasteiger partial charge is 0.492 e. The number of hydrogen-bond acceptors (Lipinski definition) is 4. The lowest BCUT2D eigenvalue weighted by Gasteiger charge is -2.35. The van der Waals surface area contributed by atoms with Crippen molar-refractivity contribution in [3.8, 4) is 5.75 Å². The van der Waals surface area contributed by atoms with Gasteiger partial charge in [0.2, 0.25) is 11.8 Å². The summed E-state index contributed by atoms with van der Waals surface area (Å²) in [6, 6.07) is 21.1. The lowest BCUT2D eigenvalue weighted by Crippen LogP contribution is -2.52. The summed E-state index contributed by atoms with van der Waals surface area (Å²) >= 11 is 0. The molecule has 0 aliphatic carbocycles. The van der Waals surface area contributed by atoms with Crippen molar-refractivity contribution in [2.24, 2.45) is 0 Å². The normalized spacial score (nSPS) is 15.1. The molecule has 196 valence electrons. The minimum absolute atomic E-state index is 0.0277. The molecular weight excluding hydrogens is 478 g/mol. The molecule has 7 heteroatoms. The first-order valence-electron chi connectivity index (χ1n) is 12.7. The summed E-state index contributed by atoms with van der Waals surface area (Å²) in [6.07, 6.45) is 2.94. The maximum absolute atomic E-state index is 13.5. The van der Waals surface area contributed by atoms with Crippen LogP contribution in [0.4, 0.5) is 17.1 Å². The van der Waals surface area contributed by atoms with Crippen molar-refractivity contribution < 1.29 is 19.1 Å². The molecule has 3 amide bonds. The molecule has 0 saturated carbocycles. The summed E-state index contributed by atoms with van der Waals surface area (Å²) in [5.74, 6) is -0.681. The van der Waals surface area contributed by atoms with Crippen LogP contribution >= 0.6 is 0 Å². The Morgan fingerprint density at radius 2 is 1.68 bits per heavy atom. The van der Waals surface area contributed by atoms with Crippen molar-refractivity contribution in [2.75, 3.05) is 22.1 Å². The molecule has 3 aromatic carbocycles. The SMILES string of the molecule is CCOc1ccccc1NC(=O)C[C@@H]1C(=O)Nc2ccccc2N1C(=O)/C=C/c1ccc(C(C)(C)C)cc1. The van der Waals surface area contributed by atoms with Gasteiger partial charge in [-0.15, -0.1) is 0 Å². The zero-order valence-electron chi connectivity index (χ0n) is 22.2. The average molecular weight is 512 g/mol. The van der Waals surface area contributed by atoms with Gasteiger partial charge in [-0.3, -0.25) is 19.3 Å². The number of carbonyl (C=O) groups excluding carboxylic acids is 3. The van der Waals surface area contributed by atoms with Crippen molar-refractivity contribution in [2.45, 2.75) is 45.6 Å². The number of hydrogen-bond donors (Lipinski definition) is 2. The summed E-state index contributed by atoms with van der Waals surface area (Å²) in [5.41, 5.74) is 3.65. The molecule has 0 radical (unpaired) electrons. The molecule has 0 saturated heterocycles. The molecule has 1 heterocycles. The third-order valence-corrected chi connectivity index (χ3v) is 6.31. The molecule has 7 nitrogen and oxygen atoms in total. The van der Waals surface area contributed by atoms with Crippen LogP contribution in [-0.2, 0) is 19.8 Å². The van der Waals surface area contributed by atoms with Crippen LogP contribution in [0.3, 0.4) is 0 Å². The van der Waals surface area contributed by atoms with Gasteiger partial charge in [0.1, 0.15) is 11.8 Å². The molecule has 1 aliphatic heterocycles. The first-order chi connectivity index (χ1) is 18.2. The maximum Gasteiger partial charge on any atom is 0.251 e. The second-order valence-electron chi connectivity index (χ2n) is 10.1. The molecule has 38 heavy (non-hydrogen) atoms. The van der Waals surface area contributed by atoms with E-state index >= 15 is 0 Å². The van der Waals surface area contributed by atoms with Gasteiger partial charge in [-0.2, -0.15) is 0 Å². The van der Waals surface area contributed by atoms with Crippen LogP contribution in [0.25, 0.3) is 6.08 Å². The Bertz CT molecular complexity index is 1360. The van der Waals surface area contributed by atoms with Crippen molar-refractivity contribution in [3.05, 3.63) is 90.0 Å². The van der Waals surface area contributed by atoms with E-state index in [9.17, 15) is 14.4 Å². The standard InChI is InChI=1S/C31H33N3O4/c1-5-38-27-13-9-7-11-24(27)32-28(35)20-26-30(37)33-23-10-6-8-12-25(23)34(26)29(36)19-16-21-14-17-22(18-15-21)31(2,3)4/h6-19,26H,5,20H2,1-4H3,(H,32,35)(H,33,37)/b19-16+/t26-/m1/s1. The zero-order valence-corrected chi connectivity index (χ0v) is 22.2. The zero-order chi connectivity index (χ0) is 27.3. The van der Waals surface area contributed by atoms with E-state index in [1.807, 2.05) is 37.3 Å². The van der Waals surface area contributed by atoms with Gasteiger partial charge in [0.25, 0.3) is 5.91 Å². The van der Waals surface area contributed by atoms with E-state index in [0.717, 1.165) is 5.56 Å². The molecule has 1 atom stereocenters. The molecule has 0 bridgehead atoms. The molecule has 0 unspecified atom stereocenters. The fourth-order valence-electron chi connectivity index (χ4n) is 4.32. The Morgan fingerprint density at radius 3 is 2.39 bits per heavy atom. The quantitative estimate of drug-likeness (QED) is 0.394. The minimum atomic E-state index is -1.02. The smallest absolute Gasteiger partial charge is 0.251 e. The van der Waals surface area contributed by atoms with E-state index in [0.29, 0.717) is 29.4 Å². The van der Waals surface area contributed by atoms with Gasteiger partial charge in [-0.1, -0.05) is 69.3 Å². The molecule has 2 N–H and O–H groups in total. The summed E-state index contributed by atoms with van der Waals surface area (Å²) < 4.78 is 5.59. The van der Waals surface area contributed by atoms with Crippen LogP contribution < -0.4 is 20.3 Å². The number of rotatable bonds is 7. The van der Waals surface area contributed by atoms with Gasteiger partial charge in [-0.05, 0) is 53.8 Å². The van der Waals surface area contributed by atoms with Gasteiger partial charge in [0.15, 0.2) is 0 Å². The number of nitrogens with one attached hydrogen (secondary N) is 2. The highest BCUT2D eigenvalue weighted by atomic mass is 16.5. The van der Waals surface area contributed by atoms with Gasteiger partial charge in [-0.25, -0.2) is 0 Å². The third-order valence-electron chi connectivity index (χ3n) is 6.31. The fraction of sp³-hybridized carbons (Fsp3) is 0.258. The van der Waals surface area contributed by atoms with Crippen LogP contribution in [0.2, 0.25) is 0 Å². The number of anilines is 3. The molecule has 3 aromatic rings. The monoisotopic (exact) mass is 511 g/mol. The van der Waals surface area contributed by atoms with Crippen LogP contribution in [0.5, 0.6) is 5.75 Å². The van der Waals surface area contributed by atoms with E-state index in [1.54, 1.807) is 48.5 Å². The number of benzene rings is 3. The lowest BCUT2D eigenvalue weighted by molar-refractivity contribution is -0.124. The van der Waals surface area contributed by atoms with Crippen molar-refractivity contribution in [3.63, 3.8) is 0 Å². The Morgan fingerprint density at radius 1 is 1.00 bits per heavy atom. The average Bonchev–Trinajstić information content (AvgIpc) is 2.88. The van der Waals surface area contributed by atoms with Crippen molar-refractivity contribution >= 4 is 40.9 Å². The summed E-state index contributed by atoms with van der Waals surface area (Å²) in [6.45, 7) is 8.74. The van der Waals surface area contributed by atoms with Gasteiger partial charge < -0.3 is 15.4 Å². The predicted octanol–water partition coefficient (Wildman–Crippen LogP) is 5.78. The van der Waals surface area contributed by atoms with Gasteiger partial charge in [0, 0.05) is 6.08 Å². The highest BCUT2D eigenvalue weighted by Gasteiger charge is 2.37. The summed E-state index contributed by atoms with van der Waals surface area (Å²) in [5, 5.41) is 5.65. The van der Waals surface area contributed by atoms with E-state index in [2.05, 4.69) is 31.4 Å². The number of nitrogens with zero attached hydrogens (tertiary/aromatic N) is 1. The van der Waals surface area contributed by atoms with Crippen LogP contribution in [-0.4, -0.2) is 30.4 Å². The highest BCUT2D eigenvalue weighted by molar-refractivity contribution is 6.16. The van der Waals surface area contributed by atoms with E-state index in [1.165, 1.54) is 16.5 Å². The van der Waals surface area contributed by atoms with Crippen LogP contribution in [0.1, 0.15) is 45.2 Å². The van der Waals surface area contributed by atoms with Gasteiger partial charge >= 0.3 is 0 Å². The highest BCUT2D eigenvalue weighted by Crippen LogP contribution is 2.34. The number of amides is 3. The van der Waals surface area contributed by atoms with Crippen molar-refractivity contribution in [1.29, 1.82) is 0 Å². The summed E-state index contributed by atoms with van der Waals surface area (Å²) in [7, 11) is 0. The second kappa shape index (κ2) is 11.3. The van der Waals surface area contributed by atoms with Crippen molar-refractivity contribution in [1.82, 2.24) is 0 Å². The van der Waals surface area contributed by atoms with Gasteiger partial charge in [0.05, 0.1) is 30.1 Å². The number of carbonyl (C=O) groups is 3. The Kier molecular flexibility index (Phi) is 7.96. The van der Waals surface area contributed by atoms with Crippen LogP contribution in [0, 0.1) is 0 Å². The van der Waals surface area contributed by atoms with E-state index < -0.39 is 17.9 Å². The Balaban J connectivity index is 1.58. The Labute approximate surface area is 223 Å². The van der Waals surface area contributed by atoms with E-state index in [-0.39, 0.29) is 17.7 Å². The minimum Gasteiger partial charge on any atom is -0.492 e.